The molecule has 1 amide bonds. The van der Waals surface area contributed by atoms with E-state index in [0.29, 0.717) is 0 Å². The lowest BCUT2D eigenvalue weighted by Crippen LogP contribution is -2.22. The van der Waals surface area contributed by atoms with Gasteiger partial charge in [0, 0.05) is 15.1 Å². The summed E-state index contributed by atoms with van der Waals surface area (Å²) in [4.78, 5) is 13.4. The second-order valence-electron chi connectivity index (χ2n) is 5.02. The average Bonchev–Trinajstić information content (AvgIpc) is 2.44. The third-order valence-corrected chi connectivity index (χ3v) is 4.78. The molecule has 0 aliphatic carbocycles. The maximum absolute atomic E-state index is 12.3. The maximum atomic E-state index is 12.3. The molecule has 1 N–H and O–H groups in total. The minimum absolute atomic E-state index is 0.0230. The van der Waals surface area contributed by atoms with E-state index in [2.05, 4.69) is 27.3 Å². The molecular weight excluding hydrogens is 346 g/mol. The fraction of sp³-hybridized carbons (Fsp3) is 0.235. The zero-order valence-electron chi connectivity index (χ0n) is 12.3. The molecule has 2 rings (SSSR count). The number of hydrogen-bond donors (Lipinski definition) is 1. The van der Waals surface area contributed by atoms with Crippen LogP contribution in [-0.4, -0.2) is 11.2 Å². The molecule has 0 unspecified atom stereocenters. The van der Waals surface area contributed by atoms with Crippen molar-refractivity contribution in [3.05, 3.63) is 58.1 Å². The van der Waals surface area contributed by atoms with E-state index < -0.39 is 0 Å². The highest BCUT2D eigenvalue weighted by molar-refractivity contribution is 9.10. The monoisotopic (exact) mass is 363 g/mol. The largest absolute Gasteiger partial charge is 0.325 e. The van der Waals surface area contributed by atoms with Gasteiger partial charge in [0.2, 0.25) is 5.91 Å². The van der Waals surface area contributed by atoms with Gasteiger partial charge in [-0.25, -0.2) is 0 Å². The number of amides is 1. The summed E-state index contributed by atoms with van der Waals surface area (Å²) in [6.45, 7) is 5.98. The maximum Gasteiger partial charge on any atom is 0.237 e. The number of anilines is 1. The Balaban J connectivity index is 2.00. The fourth-order valence-corrected chi connectivity index (χ4v) is 3.09. The van der Waals surface area contributed by atoms with Gasteiger partial charge < -0.3 is 5.32 Å². The molecule has 2 aromatic rings. The first-order chi connectivity index (χ1) is 9.95. The molecule has 2 aromatic carbocycles. The second-order valence-corrected chi connectivity index (χ2v) is 7.35. The molecule has 0 saturated carbocycles. The lowest BCUT2D eigenvalue weighted by atomic mass is 10.1. The third-order valence-electron chi connectivity index (χ3n) is 3.14. The van der Waals surface area contributed by atoms with Crippen LogP contribution in [0.4, 0.5) is 5.69 Å². The van der Waals surface area contributed by atoms with Crippen LogP contribution in [0.2, 0.25) is 0 Å². The van der Waals surface area contributed by atoms with Crippen molar-refractivity contribution in [2.24, 2.45) is 0 Å². The first-order valence-corrected chi connectivity index (χ1v) is 8.43. The van der Waals surface area contributed by atoms with E-state index in [1.807, 2.05) is 57.2 Å². The number of carbonyl (C=O) groups is 1. The molecule has 0 heterocycles. The van der Waals surface area contributed by atoms with Gasteiger partial charge in [-0.05, 0) is 56.7 Å². The summed E-state index contributed by atoms with van der Waals surface area (Å²) in [5, 5.41) is 2.85. The predicted octanol–water partition coefficient (Wildman–Crippen LogP) is 5.19. The van der Waals surface area contributed by atoms with Crippen molar-refractivity contribution in [1.29, 1.82) is 0 Å². The van der Waals surface area contributed by atoms with Crippen LogP contribution in [0, 0.1) is 13.8 Å². The van der Waals surface area contributed by atoms with Crippen molar-refractivity contribution in [1.82, 2.24) is 0 Å². The zero-order valence-corrected chi connectivity index (χ0v) is 14.7. The standard InChI is InChI=1S/C17H18BrNOS/c1-11-4-9-16(12(2)10-11)19-17(20)13(3)21-15-7-5-14(18)6-8-15/h4-10,13H,1-3H3,(H,19,20)/t13-/m1/s1. The summed E-state index contributed by atoms with van der Waals surface area (Å²) in [5.74, 6) is 0.0230. The molecular formula is C17H18BrNOS. The highest BCUT2D eigenvalue weighted by Gasteiger charge is 2.15. The van der Waals surface area contributed by atoms with E-state index >= 15 is 0 Å². The van der Waals surface area contributed by atoms with Gasteiger partial charge in [0.05, 0.1) is 5.25 Å². The molecule has 1 atom stereocenters. The van der Waals surface area contributed by atoms with Crippen molar-refractivity contribution in [2.75, 3.05) is 5.32 Å². The van der Waals surface area contributed by atoms with Crippen LogP contribution in [0.3, 0.4) is 0 Å². The van der Waals surface area contributed by atoms with Crippen LogP contribution in [0.15, 0.2) is 51.8 Å². The minimum atomic E-state index is -0.146. The van der Waals surface area contributed by atoms with Crippen molar-refractivity contribution < 1.29 is 4.79 Å². The number of aryl methyl sites for hydroxylation is 2. The molecule has 0 spiro atoms. The lowest BCUT2D eigenvalue weighted by Gasteiger charge is -2.14. The summed E-state index contributed by atoms with van der Waals surface area (Å²) >= 11 is 4.97. The van der Waals surface area contributed by atoms with Crippen molar-refractivity contribution in [3.63, 3.8) is 0 Å². The molecule has 0 bridgehead atoms. The molecule has 2 nitrogen and oxygen atoms in total. The normalized spacial score (nSPS) is 12.0. The van der Waals surface area contributed by atoms with E-state index in [1.165, 1.54) is 5.56 Å². The van der Waals surface area contributed by atoms with E-state index in [-0.39, 0.29) is 11.2 Å². The van der Waals surface area contributed by atoms with Crippen LogP contribution >= 0.6 is 27.7 Å². The first-order valence-electron chi connectivity index (χ1n) is 6.76. The van der Waals surface area contributed by atoms with Crippen molar-refractivity contribution >= 4 is 39.3 Å². The Labute approximate surface area is 138 Å². The Kier molecular flexibility index (Phi) is 5.48. The Bertz CT molecular complexity index is 640. The number of rotatable bonds is 4. The summed E-state index contributed by atoms with van der Waals surface area (Å²) in [6.07, 6.45) is 0. The topological polar surface area (TPSA) is 29.1 Å². The van der Waals surface area contributed by atoms with Gasteiger partial charge in [-0.2, -0.15) is 0 Å². The molecule has 0 aromatic heterocycles. The van der Waals surface area contributed by atoms with Crippen molar-refractivity contribution in [3.8, 4) is 0 Å². The van der Waals surface area contributed by atoms with Gasteiger partial charge in [-0.1, -0.05) is 33.6 Å². The average molecular weight is 364 g/mol. The molecule has 0 saturated heterocycles. The zero-order chi connectivity index (χ0) is 15.4. The molecule has 0 fully saturated rings. The molecule has 0 aliphatic rings. The summed E-state index contributed by atoms with van der Waals surface area (Å²) in [5.41, 5.74) is 3.17. The minimum Gasteiger partial charge on any atom is -0.325 e. The third kappa shape index (κ3) is 4.61. The smallest absolute Gasteiger partial charge is 0.237 e. The molecule has 0 radical (unpaired) electrons. The molecule has 21 heavy (non-hydrogen) atoms. The molecule has 110 valence electrons. The van der Waals surface area contributed by atoms with Crippen LogP contribution in [-0.2, 0) is 4.79 Å². The van der Waals surface area contributed by atoms with E-state index in [9.17, 15) is 4.79 Å². The van der Waals surface area contributed by atoms with Crippen LogP contribution < -0.4 is 5.32 Å². The van der Waals surface area contributed by atoms with Gasteiger partial charge in [0.25, 0.3) is 0 Å². The fourth-order valence-electron chi connectivity index (χ4n) is 1.96. The Hall–Kier alpha value is -1.26. The number of halogens is 1. The number of carbonyl (C=O) groups excluding carboxylic acids is 1. The summed E-state index contributed by atoms with van der Waals surface area (Å²) in [6, 6.07) is 14.0. The van der Waals surface area contributed by atoms with Gasteiger partial charge in [0.15, 0.2) is 0 Å². The SMILES string of the molecule is Cc1ccc(NC(=O)[C@@H](C)Sc2ccc(Br)cc2)c(C)c1. The predicted molar refractivity (Wildman–Crippen MR) is 94.0 cm³/mol. The number of thioether (sulfide) groups is 1. The van der Waals surface area contributed by atoms with E-state index in [0.717, 1.165) is 20.6 Å². The Morgan fingerprint density at radius 3 is 2.43 bits per heavy atom. The second kappa shape index (κ2) is 7.14. The number of nitrogens with one attached hydrogen (secondary N) is 1. The number of benzene rings is 2. The summed E-state index contributed by atoms with van der Waals surface area (Å²) in [7, 11) is 0. The summed E-state index contributed by atoms with van der Waals surface area (Å²) < 4.78 is 1.04. The van der Waals surface area contributed by atoms with Crippen LogP contribution in [0.5, 0.6) is 0 Å². The highest BCUT2D eigenvalue weighted by Crippen LogP contribution is 2.26. The quantitative estimate of drug-likeness (QED) is 0.757. The van der Waals surface area contributed by atoms with Gasteiger partial charge >= 0.3 is 0 Å². The van der Waals surface area contributed by atoms with Gasteiger partial charge in [-0.3, -0.25) is 4.79 Å². The lowest BCUT2D eigenvalue weighted by molar-refractivity contribution is -0.115. The molecule has 4 heteroatoms. The Morgan fingerprint density at radius 1 is 1.14 bits per heavy atom. The van der Waals surface area contributed by atoms with E-state index in [1.54, 1.807) is 11.8 Å². The van der Waals surface area contributed by atoms with E-state index in [4.69, 9.17) is 0 Å². The Morgan fingerprint density at radius 2 is 1.81 bits per heavy atom. The van der Waals surface area contributed by atoms with Crippen LogP contribution in [0.1, 0.15) is 18.1 Å². The highest BCUT2D eigenvalue weighted by atomic mass is 79.9. The molecule has 0 aliphatic heterocycles. The van der Waals surface area contributed by atoms with Gasteiger partial charge in [-0.15, -0.1) is 11.8 Å². The van der Waals surface area contributed by atoms with Gasteiger partial charge in [0.1, 0.15) is 0 Å². The van der Waals surface area contributed by atoms with Crippen molar-refractivity contribution in [2.45, 2.75) is 30.9 Å². The first kappa shape index (κ1) is 16.1. The van der Waals surface area contributed by atoms with Crippen LogP contribution in [0.25, 0.3) is 0 Å². The number of hydrogen-bond acceptors (Lipinski definition) is 2.